The smallest absolute Gasteiger partial charge is 0.339 e. The maximum absolute atomic E-state index is 12.1. The van der Waals surface area contributed by atoms with Gasteiger partial charge in [0.05, 0.1) is 19.6 Å². The molecule has 156 valence electrons. The molecule has 30 heavy (non-hydrogen) atoms. The lowest BCUT2D eigenvalue weighted by Gasteiger charge is -2.08. The summed E-state index contributed by atoms with van der Waals surface area (Å²) in [6.45, 7) is 5.48. The van der Waals surface area contributed by atoms with Crippen LogP contribution in [0.2, 0.25) is 0 Å². The maximum Gasteiger partial charge on any atom is 0.339 e. The minimum atomic E-state index is -0.752. The first-order valence-electron chi connectivity index (χ1n) is 9.16. The van der Waals surface area contributed by atoms with Crippen molar-refractivity contribution in [3.8, 4) is 11.5 Å². The molecule has 0 aliphatic heterocycles. The summed E-state index contributed by atoms with van der Waals surface area (Å²) in [5, 5.41) is 9.00. The van der Waals surface area contributed by atoms with Crippen molar-refractivity contribution in [2.24, 2.45) is 0 Å². The highest BCUT2D eigenvalue weighted by Crippen LogP contribution is 2.17. The molecule has 0 amide bonds. The van der Waals surface area contributed by atoms with E-state index in [1.807, 2.05) is 0 Å². The van der Waals surface area contributed by atoms with E-state index in [9.17, 15) is 14.4 Å². The van der Waals surface area contributed by atoms with Gasteiger partial charge in [0.1, 0.15) is 11.5 Å². The number of carbonyl (C=O) groups excluding carboxylic acids is 3. The summed E-state index contributed by atoms with van der Waals surface area (Å²) in [6.07, 6.45) is 2.54. The lowest BCUT2D eigenvalue weighted by atomic mass is 10.2. The molecule has 0 heterocycles. The predicted octanol–water partition coefficient (Wildman–Crippen LogP) is 3.21. The normalized spacial score (nSPS) is 10.5. The molecule has 0 bridgehead atoms. The van der Waals surface area contributed by atoms with Gasteiger partial charge in [-0.1, -0.05) is 30.8 Å². The van der Waals surface area contributed by atoms with Crippen LogP contribution in [0.5, 0.6) is 11.5 Å². The second kappa shape index (κ2) is 11.3. The number of rotatable bonds is 9. The molecule has 0 aliphatic carbocycles. The zero-order chi connectivity index (χ0) is 21.9. The third-order valence-corrected chi connectivity index (χ3v) is 3.77. The largest absolute Gasteiger partial charge is 0.463 e. The summed E-state index contributed by atoms with van der Waals surface area (Å²) in [5.41, 5.74) is 1.35. The number of hydrogen-bond acceptors (Lipinski definition) is 7. The minimum Gasteiger partial charge on any atom is -0.463 e. The van der Waals surface area contributed by atoms with Crippen LogP contribution in [-0.4, -0.2) is 29.6 Å². The van der Waals surface area contributed by atoms with Crippen molar-refractivity contribution in [1.29, 1.82) is 0 Å². The summed E-state index contributed by atoms with van der Waals surface area (Å²) >= 11 is 0. The van der Waals surface area contributed by atoms with E-state index in [1.165, 1.54) is 6.08 Å². The zero-order valence-corrected chi connectivity index (χ0v) is 16.5. The first-order valence-corrected chi connectivity index (χ1v) is 9.16. The van der Waals surface area contributed by atoms with Crippen LogP contribution in [-0.2, 0) is 25.7 Å². The average molecular weight is 410 g/mol. The number of hydrogen-bond donors (Lipinski definition) is 1. The summed E-state index contributed by atoms with van der Waals surface area (Å²) in [7, 11) is 0. The molecule has 0 aromatic heterocycles. The van der Waals surface area contributed by atoms with Gasteiger partial charge in [-0.25, -0.2) is 9.59 Å². The topological polar surface area (TPSA) is 99.1 Å². The SMILES string of the molecule is C=C(CC(=O)Oc1ccc(CO)cc1)C(=O)Oc1ccc(C=CC(=O)OCC)cc1. The summed E-state index contributed by atoms with van der Waals surface area (Å²) in [4.78, 5) is 35.4. The Morgan fingerprint density at radius 2 is 1.57 bits per heavy atom. The molecule has 0 radical (unpaired) electrons. The van der Waals surface area contributed by atoms with Gasteiger partial charge in [0.15, 0.2) is 0 Å². The van der Waals surface area contributed by atoms with Gasteiger partial charge >= 0.3 is 17.9 Å². The van der Waals surface area contributed by atoms with Crippen molar-refractivity contribution in [3.05, 3.63) is 77.9 Å². The molecular weight excluding hydrogens is 388 g/mol. The van der Waals surface area contributed by atoms with Crippen molar-refractivity contribution in [1.82, 2.24) is 0 Å². The monoisotopic (exact) mass is 410 g/mol. The fourth-order valence-electron chi connectivity index (χ4n) is 2.26. The van der Waals surface area contributed by atoms with Crippen LogP contribution in [0.1, 0.15) is 24.5 Å². The molecule has 1 N–H and O–H groups in total. The van der Waals surface area contributed by atoms with Gasteiger partial charge in [-0.3, -0.25) is 4.79 Å². The van der Waals surface area contributed by atoms with E-state index in [2.05, 4.69) is 6.58 Å². The molecule has 2 rings (SSSR count). The molecule has 0 unspecified atom stereocenters. The van der Waals surface area contributed by atoms with Crippen molar-refractivity contribution in [2.75, 3.05) is 6.61 Å². The number of aliphatic hydroxyl groups is 1. The van der Waals surface area contributed by atoms with Crippen molar-refractivity contribution < 1.29 is 33.7 Å². The third kappa shape index (κ3) is 7.37. The molecule has 7 heteroatoms. The number of ether oxygens (including phenoxy) is 3. The van der Waals surface area contributed by atoms with Gasteiger partial charge in [0.2, 0.25) is 0 Å². The molecule has 7 nitrogen and oxygen atoms in total. The highest BCUT2D eigenvalue weighted by Gasteiger charge is 2.16. The maximum atomic E-state index is 12.1. The molecule has 2 aromatic carbocycles. The van der Waals surface area contributed by atoms with Crippen LogP contribution in [0.4, 0.5) is 0 Å². The molecule has 0 saturated carbocycles. The van der Waals surface area contributed by atoms with Crippen LogP contribution in [0.3, 0.4) is 0 Å². The molecule has 0 atom stereocenters. The van der Waals surface area contributed by atoms with Gasteiger partial charge in [0.25, 0.3) is 0 Å². The molecule has 0 aliphatic rings. The Bertz CT molecular complexity index is 925. The molecule has 0 fully saturated rings. The van der Waals surface area contributed by atoms with E-state index in [1.54, 1.807) is 61.5 Å². The summed E-state index contributed by atoms with van der Waals surface area (Å²) in [5.74, 6) is -1.29. The van der Waals surface area contributed by atoms with Crippen LogP contribution in [0.25, 0.3) is 6.08 Å². The fraction of sp³-hybridized carbons (Fsp3) is 0.174. The van der Waals surface area contributed by atoms with Crippen LogP contribution < -0.4 is 9.47 Å². The Balaban J connectivity index is 1.85. The van der Waals surface area contributed by atoms with Crippen molar-refractivity contribution in [2.45, 2.75) is 20.0 Å². The van der Waals surface area contributed by atoms with Crippen LogP contribution in [0, 0.1) is 0 Å². The van der Waals surface area contributed by atoms with Crippen LogP contribution >= 0.6 is 0 Å². The van der Waals surface area contributed by atoms with E-state index >= 15 is 0 Å². The van der Waals surface area contributed by atoms with Gasteiger partial charge in [0, 0.05) is 11.6 Å². The Morgan fingerprint density at radius 3 is 2.17 bits per heavy atom. The molecule has 2 aromatic rings. The average Bonchev–Trinajstić information content (AvgIpc) is 2.74. The molecule has 0 saturated heterocycles. The van der Waals surface area contributed by atoms with Gasteiger partial charge in [-0.2, -0.15) is 0 Å². The third-order valence-electron chi connectivity index (χ3n) is 3.77. The second-order valence-corrected chi connectivity index (χ2v) is 6.10. The lowest BCUT2D eigenvalue weighted by Crippen LogP contribution is -2.16. The van der Waals surface area contributed by atoms with E-state index < -0.39 is 17.9 Å². The first kappa shape index (κ1) is 22.6. The van der Waals surface area contributed by atoms with Crippen molar-refractivity contribution >= 4 is 24.0 Å². The second-order valence-electron chi connectivity index (χ2n) is 6.10. The molecular formula is C23H22O7. The van der Waals surface area contributed by atoms with E-state index in [4.69, 9.17) is 19.3 Å². The Labute approximate surface area is 174 Å². The highest BCUT2D eigenvalue weighted by atomic mass is 16.5. The van der Waals surface area contributed by atoms with Crippen LogP contribution in [0.15, 0.2) is 66.8 Å². The Hall–Kier alpha value is -3.71. The first-order chi connectivity index (χ1) is 14.4. The Morgan fingerprint density at radius 1 is 0.967 bits per heavy atom. The number of carbonyl (C=O) groups is 3. The summed E-state index contributed by atoms with van der Waals surface area (Å²) in [6, 6.07) is 12.8. The quantitative estimate of drug-likeness (QED) is 0.385. The van der Waals surface area contributed by atoms with Gasteiger partial charge in [-0.15, -0.1) is 0 Å². The molecule has 0 spiro atoms. The minimum absolute atomic E-state index is 0.0572. The lowest BCUT2D eigenvalue weighted by molar-refractivity contribution is -0.137. The van der Waals surface area contributed by atoms with E-state index in [-0.39, 0.29) is 24.4 Å². The van der Waals surface area contributed by atoms with Crippen molar-refractivity contribution in [3.63, 3.8) is 0 Å². The number of esters is 3. The highest BCUT2D eigenvalue weighted by molar-refractivity contribution is 5.95. The number of benzene rings is 2. The summed E-state index contributed by atoms with van der Waals surface area (Å²) < 4.78 is 15.1. The van der Waals surface area contributed by atoms with E-state index in [0.717, 1.165) is 5.56 Å². The predicted molar refractivity (Wildman–Crippen MR) is 110 cm³/mol. The number of aliphatic hydroxyl groups excluding tert-OH is 1. The van der Waals surface area contributed by atoms with E-state index in [0.29, 0.717) is 17.9 Å². The standard InChI is InChI=1S/C23H22O7/c1-3-28-21(25)13-8-17-4-9-20(10-5-17)30-23(27)16(2)14-22(26)29-19-11-6-18(15-24)7-12-19/h4-13,24H,2-3,14-15H2,1H3. The van der Waals surface area contributed by atoms with Gasteiger partial charge in [-0.05, 0) is 48.4 Å². The Kier molecular flexibility index (Phi) is 8.53. The van der Waals surface area contributed by atoms with Gasteiger partial charge < -0.3 is 19.3 Å². The fourth-order valence-corrected chi connectivity index (χ4v) is 2.26. The zero-order valence-electron chi connectivity index (χ0n) is 16.5.